The molecule has 2 heterocycles. The van der Waals surface area contributed by atoms with Gasteiger partial charge in [-0.25, -0.2) is 4.39 Å². The summed E-state index contributed by atoms with van der Waals surface area (Å²) in [5.74, 6) is -0.496. The molecule has 0 saturated carbocycles. The highest BCUT2D eigenvalue weighted by Crippen LogP contribution is 2.27. The quantitative estimate of drug-likeness (QED) is 0.889. The molecule has 0 bridgehead atoms. The Kier molecular flexibility index (Phi) is 6.13. The second-order valence-electron chi connectivity index (χ2n) is 6.24. The molecule has 1 aromatic heterocycles. The van der Waals surface area contributed by atoms with Gasteiger partial charge < -0.3 is 9.63 Å². The molecule has 25 heavy (non-hydrogen) atoms. The first-order valence-corrected chi connectivity index (χ1v) is 8.02. The van der Waals surface area contributed by atoms with E-state index in [0.29, 0.717) is 48.8 Å². The van der Waals surface area contributed by atoms with Crippen molar-refractivity contribution in [2.24, 2.45) is 5.92 Å². The summed E-state index contributed by atoms with van der Waals surface area (Å²) in [7, 11) is 0. The zero-order valence-corrected chi connectivity index (χ0v) is 14.9. The first-order chi connectivity index (χ1) is 11.5. The number of likely N-dealkylation sites (tertiary alicyclic amines) is 1. The lowest BCUT2D eigenvalue weighted by molar-refractivity contribution is -0.143. The van der Waals surface area contributed by atoms with E-state index in [-0.39, 0.29) is 30.2 Å². The minimum absolute atomic E-state index is 0. The molecular formula is C17H21ClFN3O3. The maximum atomic E-state index is 13.7. The van der Waals surface area contributed by atoms with E-state index in [0.717, 1.165) is 0 Å². The van der Waals surface area contributed by atoms with Crippen molar-refractivity contribution in [2.75, 3.05) is 13.1 Å². The van der Waals surface area contributed by atoms with E-state index < -0.39 is 5.97 Å². The van der Waals surface area contributed by atoms with E-state index in [1.807, 2.05) is 6.92 Å². The van der Waals surface area contributed by atoms with Crippen LogP contribution in [0.5, 0.6) is 0 Å². The number of carboxylic acid groups (broad SMARTS) is 1. The van der Waals surface area contributed by atoms with Crippen molar-refractivity contribution < 1.29 is 18.8 Å². The lowest BCUT2D eigenvalue weighted by Gasteiger charge is -2.32. The number of aromatic nitrogens is 2. The zero-order valence-electron chi connectivity index (χ0n) is 14.1. The van der Waals surface area contributed by atoms with Crippen LogP contribution in [0, 0.1) is 18.7 Å². The summed E-state index contributed by atoms with van der Waals surface area (Å²) in [6, 6.07) is 4.74. The minimum Gasteiger partial charge on any atom is -0.481 e. The van der Waals surface area contributed by atoms with E-state index in [1.54, 1.807) is 19.1 Å². The van der Waals surface area contributed by atoms with Crippen LogP contribution in [-0.4, -0.2) is 39.2 Å². The number of piperidine rings is 1. The van der Waals surface area contributed by atoms with Crippen molar-refractivity contribution in [3.05, 3.63) is 35.5 Å². The summed E-state index contributed by atoms with van der Waals surface area (Å²) in [6.07, 6.45) is 1.23. The SMILES string of the molecule is Cc1ccc(-c2noc(C(C)N3CCC(C(=O)O)CC3)n2)cc1F.Cl. The van der Waals surface area contributed by atoms with E-state index >= 15 is 0 Å². The molecule has 0 amide bonds. The molecule has 0 radical (unpaired) electrons. The van der Waals surface area contributed by atoms with E-state index in [1.165, 1.54) is 6.07 Å². The van der Waals surface area contributed by atoms with Crippen molar-refractivity contribution in [2.45, 2.75) is 32.7 Å². The van der Waals surface area contributed by atoms with Crippen LogP contribution in [0.4, 0.5) is 4.39 Å². The first-order valence-electron chi connectivity index (χ1n) is 8.02. The largest absolute Gasteiger partial charge is 0.481 e. The molecule has 1 aliphatic rings. The Morgan fingerprint density at radius 3 is 2.68 bits per heavy atom. The van der Waals surface area contributed by atoms with Crippen LogP contribution >= 0.6 is 12.4 Å². The normalized spacial score (nSPS) is 17.1. The number of hydrogen-bond donors (Lipinski definition) is 1. The van der Waals surface area contributed by atoms with Crippen LogP contribution in [0.3, 0.4) is 0 Å². The second kappa shape index (κ2) is 7.93. The number of hydrogen-bond acceptors (Lipinski definition) is 5. The van der Waals surface area contributed by atoms with Crippen molar-refractivity contribution in [3.8, 4) is 11.4 Å². The van der Waals surface area contributed by atoms with Crippen molar-refractivity contribution in [1.29, 1.82) is 0 Å². The van der Waals surface area contributed by atoms with Crippen molar-refractivity contribution in [1.82, 2.24) is 15.0 Å². The molecule has 0 spiro atoms. The van der Waals surface area contributed by atoms with Crippen LogP contribution in [-0.2, 0) is 4.79 Å². The van der Waals surface area contributed by atoms with Crippen molar-refractivity contribution >= 4 is 18.4 Å². The molecule has 1 aromatic carbocycles. The van der Waals surface area contributed by atoms with Crippen LogP contribution < -0.4 is 0 Å². The predicted octanol–water partition coefficient (Wildman–Crippen LogP) is 3.46. The molecule has 136 valence electrons. The molecule has 1 saturated heterocycles. The van der Waals surface area contributed by atoms with Gasteiger partial charge in [0.2, 0.25) is 11.7 Å². The number of carbonyl (C=O) groups is 1. The van der Waals surface area contributed by atoms with Gasteiger partial charge in [-0.1, -0.05) is 17.3 Å². The van der Waals surface area contributed by atoms with Gasteiger partial charge in [0.1, 0.15) is 5.82 Å². The van der Waals surface area contributed by atoms with Gasteiger partial charge in [0.05, 0.1) is 12.0 Å². The van der Waals surface area contributed by atoms with Gasteiger partial charge >= 0.3 is 5.97 Å². The van der Waals surface area contributed by atoms with Gasteiger partial charge in [-0.2, -0.15) is 4.98 Å². The predicted molar refractivity (Wildman–Crippen MR) is 92.0 cm³/mol. The second-order valence-corrected chi connectivity index (χ2v) is 6.24. The Balaban J connectivity index is 0.00000225. The average Bonchev–Trinajstić information content (AvgIpc) is 3.07. The smallest absolute Gasteiger partial charge is 0.306 e. The molecule has 1 aliphatic heterocycles. The fourth-order valence-electron chi connectivity index (χ4n) is 2.94. The van der Waals surface area contributed by atoms with E-state index in [9.17, 15) is 9.18 Å². The highest BCUT2D eigenvalue weighted by molar-refractivity contribution is 5.85. The molecule has 6 nitrogen and oxygen atoms in total. The van der Waals surface area contributed by atoms with Gasteiger partial charge in [-0.15, -0.1) is 12.4 Å². The Labute approximate surface area is 151 Å². The highest BCUT2D eigenvalue weighted by atomic mass is 35.5. The molecule has 2 aromatic rings. The van der Waals surface area contributed by atoms with Crippen molar-refractivity contribution in [3.63, 3.8) is 0 Å². The van der Waals surface area contributed by atoms with Gasteiger partial charge in [0, 0.05) is 5.56 Å². The monoisotopic (exact) mass is 369 g/mol. The van der Waals surface area contributed by atoms with Crippen LogP contribution in [0.1, 0.15) is 37.3 Å². The Morgan fingerprint density at radius 2 is 2.08 bits per heavy atom. The van der Waals surface area contributed by atoms with Crippen LogP contribution in [0.15, 0.2) is 22.7 Å². The third kappa shape index (κ3) is 4.16. The van der Waals surface area contributed by atoms with Gasteiger partial charge in [0.25, 0.3) is 0 Å². The minimum atomic E-state index is -0.733. The molecule has 0 aliphatic carbocycles. The third-order valence-electron chi connectivity index (χ3n) is 4.66. The molecule has 8 heteroatoms. The number of aryl methyl sites for hydroxylation is 1. The topological polar surface area (TPSA) is 79.5 Å². The molecular weight excluding hydrogens is 349 g/mol. The summed E-state index contributed by atoms with van der Waals surface area (Å²) >= 11 is 0. The average molecular weight is 370 g/mol. The summed E-state index contributed by atoms with van der Waals surface area (Å²) in [4.78, 5) is 17.5. The lowest BCUT2D eigenvalue weighted by Crippen LogP contribution is -2.37. The van der Waals surface area contributed by atoms with Crippen LogP contribution in [0.2, 0.25) is 0 Å². The zero-order chi connectivity index (χ0) is 17.3. The Bertz CT molecular complexity index is 744. The Morgan fingerprint density at radius 1 is 1.40 bits per heavy atom. The number of halogens is 2. The molecule has 1 N–H and O–H groups in total. The number of benzene rings is 1. The van der Waals surface area contributed by atoms with Gasteiger partial charge in [0.15, 0.2) is 0 Å². The summed E-state index contributed by atoms with van der Waals surface area (Å²) in [5, 5.41) is 13.0. The summed E-state index contributed by atoms with van der Waals surface area (Å²) in [5.41, 5.74) is 1.14. The maximum absolute atomic E-state index is 13.7. The van der Waals surface area contributed by atoms with E-state index in [4.69, 9.17) is 9.63 Å². The summed E-state index contributed by atoms with van der Waals surface area (Å²) < 4.78 is 19.0. The van der Waals surface area contributed by atoms with E-state index in [2.05, 4.69) is 15.0 Å². The molecule has 1 unspecified atom stereocenters. The van der Waals surface area contributed by atoms with Gasteiger partial charge in [-0.05, 0) is 51.4 Å². The molecule has 1 fully saturated rings. The maximum Gasteiger partial charge on any atom is 0.306 e. The molecule has 3 rings (SSSR count). The molecule has 1 atom stereocenters. The standard InChI is InChI=1S/C17H20FN3O3.ClH/c1-10-3-4-13(9-14(10)18)15-19-16(24-20-15)11(2)21-7-5-12(6-8-21)17(22)23;/h3-4,9,11-12H,5-8H2,1-2H3,(H,22,23);1H. The number of rotatable bonds is 4. The Hall–Kier alpha value is -1.99. The summed E-state index contributed by atoms with van der Waals surface area (Å²) in [6.45, 7) is 5.00. The third-order valence-corrected chi connectivity index (χ3v) is 4.66. The number of aliphatic carboxylic acids is 1. The van der Waals surface area contributed by atoms with Crippen LogP contribution in [0.25, 0.3) is 11.4 Å². The highest BCUT2D eigenvalue weighted by Gasteiger charge is 2.29. The fraction of sp³-hybridized carbons (Fsp3) is 0.471. The first kappa shape index (κ1) is 19.3. The number of nitrogens with zero attached hydrogens (tertiary/aromatic N) is 3. The number of carboxylic acids is 1. The van der Waals surface area contributed by atoms with Gasteiger partial charge in [-0.3, -0.25) is 9.69 Å². The lowest BCUT2D eigenvalue weighted by atomic mass is 9.96. The fourth-order valence-corrected chi connectivity index (χ4v) is 2.94.